The molecule has 1 atom stereocenters. The molecule has 1 aliphatic heterocycles. The molecule has 2 aliphatic rings. The summed E-state index contributed by atoms with van der Waals surface area (Å²) in [7, 11) is 0. The van der Waals surface area contributed by atoms with Gasteiger partial charge in [-0.15, -0.1) is 0 Å². The molecule has 6 heteroatoms. The molecule has 1 saturated heterocycles. The molecule has 1 fully saturated rings. The van der Waals surface area contributed by atoms with Crippen molar-refractivity contribution >= 4 is 16.9 Å². The average Bonchev–Trinajstić information content (AvgIpc) is 3.46. The number of hydrogen-bond acceptors (Lipinski definition) is 6. The molecule has 0 spiro atoms. The number of carbonyl (C=O) groups is 1. The van der Waals surface area contributed by atoms with E-state index in [4.69, 9.17) is 18.6 Å². The highest BCUT2D eigenvalue weighted by atomic mass is 16.5. The van der Waals surface area contributed by atoms with Crippen LogP contribution in [0.25, 0.3) is 11.0 Å². The molecular weight excluding hydrogens is 396 g/mol. The van der Waals surface area contributed by atoms with Gasteiger partial charge in [-0.2, -0.15) is 0 Å². The predicted octanol–water partition coefficient (Wildman–Crippen LogP) is 4.20. The molecule has 0 N–H and O–H groups in total. The summed E-state index contributed by atoms with van der Waals surface area (Å²) < 4.78 is 22.1. The second-order valence-corrected chi connectivity index (χ2v) is 8.11. The highest BCUT2D eigenvalue weighted by Gasteiger charge is 2.17. The first-order valence-corrected chi connectivity index (χ1v) is 10.8. The van der Waals surface area contributed by atoms with Crippen molar-refractivity contribution in [3.05, 3.63) is 75.1 Å². The van der Waals surface area contributed by atoms with Crippen molar-refractivity contribution in [2.75, 3.05) is 13.2 Å². The minimum atomic E-state index is -0.451. The Bertz CT molecular complexity index is 1160. The van der Waals surface area contributed by atoms with Crippen molar-refractivity contribution in [1.82, 2.24) is 0 Å². The summed E-state index contributed by atoms with van der Waals surface area (Å²) in [6.07, 6.45) is 5.35. The van der Waals surface area contributed by atoms with Crippen molar-refractivity contribution < 1.29 is 23.4 Å². The van der Waals surface area contributed by atoms with E-state index in [2.05, 4.69) is 6.07 Å². The lowest BCUT2D eigenvalue weighted by Gasteiger charge is -2.12. The van der Waals surface area contributed by atoms with Gasteiger partial charge in [0.1, 0.15) is 24.5 Å². The lowest BCUT2D eigenvalue weighted by atomic mass is 10.0. The van der Waals surface area contributed by atoms with E-state index in [0.29, 0.717) is 29.1 Å². The number of esters is 1. The van der Waals surface area contributed by atoms with Gasteiger partial charge in [0.15, 0.2) is 0 Å². The molecule has 0 radical (unpaired) electrons. The molecule has 2 aromatic carbocycles. The summed E-state index contributed by atoms with van der Waals surface area (Å²) in [6.45, 7) is 1.31. The minimum Gasteiger partial charge on any atom is -0.491 e. The number of hydrogen-bond donors (Lipinski definition) is 0. The van der Waals surface area contributed by atoms with Crippen molar-refractivity contribution in [3.8, 4) is 5.75 Å². The van der Waals surface area contributed by atoms with Crippen LogP contribution >= 0.6 is 0 Å². The van der Waals surface area contributed by atoms with Gasteiger partial charge in [-0.3, -0.25) is 0 Å². The Morgan fingerprint density at radius 1 is 1.03 bits per heavy atom. The molecule has 31 heavy (non-hydrogen) atoms. The maximum absolute atomic E-state index is 12.5. The normalized spacial score (nSPS) is 17.6. The SMILES string of the molecule is O=C(OCc1cc(=O)oc2cc3c(cc12)CCC3)c1ccc(OC[C@H]2CCCO2)cc1. The van der Waals surface area contributed by atoms with Gasteiger partial charge < -0.3 is 18.6 Å². The molecule has 3 aromatic rings. The summed E-state index contributed by atoms with van der Waals surface area (Å²) >= 11 is 0. The number of benzene rings is 2. The fourth-order valence-electron chi connectivity index (χ4n) is 4.29. The maximum atomic E-state index is 12.5. The fraction of sp³-hybridized carbons (Fsp3) is 0.360. The Kier molecular flexibility index (Phi) is 5.47. The summed E-state index contributed by atoms with van der Waals surface area (Å²) in [5, 5.41) is 0.825. The Labute approximate surface area is 179 Å². The zero-order valence-electron chi connectivity index (χ0n) is 17.2. The third-order valence-corrected chi connectivity index (χ3v) is 5.95. The molecule has 0 bridgehead atoms. The van der Waals surface area contributed by atoms with Gasteiger partial charge in [0.05, 0.1) is 11.7 Å². The molecule has 0 saturated carbocycles. The standard InChI is InChI=1S/C25H24O6/c26-24-13-19(22-11-17-3-1-4-18(17)12-23(22)31-24)14-30-25(27)16-6-8-20(9-7-16)29-15-21-5-2-10-28-21/h6-9,11-13,21H,1-5,10,14-15H2/t21-/m1/s1. The third kappa shape index (κ3) is 4.35. The van der Waals surface area contributed by atoms with E-state index >= 15 is 0 Å². The van der Waals surface area contributed by atoms with Gasteiger partial charge in [0, 0.05) is 23.6 Å². The highest BCUT2D eigenvalue weighted by molar-refractivity contribution is 5.90. The van der Waals surface area contributed by atoms with Crippen LogP contribution in [-0.4, -0.2) is 25.3 Å². The van der Waals surface area contributed by atoms with Crippen LogP contribution in [-0.2, 0) is 28.9 Å². The van der Waals surface area contributed by atoms with Gasteiger partial charge in [-0.25, -0.2) is 9.59 Å². The molecule has 1 aromatic heterocycles. The van der Waals surface area contributed by atoms with Gasteiger partial charge >= 0.3 is 11.6 Å². The monoisotopic (exact) mass is 420 g/mol. The van der Waals surface area contributed by atoms with E-state index in [1.165, 1.54) is 17.2 Å². The van der Waals surface area contributed by atoms with Crippen LogP contribution in [0.3, 0.4) is 0 Å². The predicted molar refractivity (Wildman–Crippen MR) is 115 cm³/mol. The molecule has 0 unspecified atom stereocenters. The van der Waals surface area contributed by atoms with E-state index in [-0.39, 0.29) is 12.7 Å². The summed E-state index contributed by atoms with van der Waals surface area (Å²) in [5.74, 6) is 0.237. The van der Waals surface area contributed by atoms with Crippen LogP contribution in [0.2, 0.25) is 0 Å². The largest absolute Gasteiger partial charge is 0.491 e. The summed E-state index contributed by atoms with van der Waals surface area (Å²) in [5.41, 5.74) is 3.69. The first-order chi connectivity index (χ1) is 15.2. The van der Waals surface area contributed by atoms with Crippen LogP contribution < -0.4 is 10.4 Å². The number of fused-ring (bicyclic) bond motifs is 2. The fourth-order valence-corrected chi connectivity index (χ4v) is 4.29. The van der Waals surface area contributed by atoms with E-state index in [0.717, 1.165) is 44.1 Å². The van der Waals surface area contributed by atoms with Crippen LogP contribution in [0.15, 0.2) is 51.7 Å². The van der Waals surface area contributed by atoms with Crippen LogP contribution in [0, 0.1) is 0 Å². The first-order valence-electron chi connectivity index (χ1n) is 10.8. The second kappa shape index (κ2) is 8.55. The number of ether oxygens (including phenoxy) is 3. The first kappa shape index (κ1) is 19.8. The van der Waals surface area contributed by atoms with Gasteiger partial charge in [-0.1, -0.05) is 0 Å². The van der Waals surface area contributed by atoms with Crippen molar-refractivity contribution in [2.45, 2.75) is 44.8 Å². The lowest BCUT2D eigenvalue weighted by molar-refractivity contribution is 0.0473. The molecule has 1 aliphatic carbocycles. The maximum Gasteiger partial charge on any atom is 0.338 e. The van der Waals surface area contributed by atoms with Gasteiger partial charge in [0.2, 0.25) is 0 Å². The van der Waals surface area contributed by atoms with Crippen LogP contribution in [0.1, 0.15) is 46.3 Å². The van der Waals surface area contributed by atoms with Gasteiger partial charge in [-0.05, 0) is 79.6 Å². The number of aryl methyl sites for hydroxylation is 2. The van der Waals surface area contributed by atoms with E-state index in [1.807, 2.05) is 6.07 Å². The zero-order valence-corrected chi connectivity index (χ0v) is 17.2. The smallest absolute Gasteiger partial charge is 0.338 e. The third-order valence-electron chi connectivity index (χ3n) is 5.95. The van der Waals surface area contributed by atoms with Crippen molar-refractivity contribution in [2.24, 2.45) is 0 Å². The Morgan fingerprint density at radius 3 is 2.61 bits per heavy atom. The molecular formula is C25H24O6. The van der Waals surface area contributed by atoms with Crippen LogP contribution in [0.4, 0.5) is 0 Å². The molecule has 2 heterocycles. The number of carbonyl (C=O) groups excluding carboxylic acids is 1. The Morgan fingerprint density at radius 2 is 1.84 bits per heavy atom. The highest BCUT2D eigenvalue weighted by Crippen LogP contribution is 2.29. The summed E-state index contributed by atoms with van der Waals surface area (Å²) in [6, 6.07) is 12.3. The zero-order chi connectivity index (χ0) is 21.2. The van der Waals surface area contributed by atoms with E-state index in [9.17, 15) is 9.59 Å². The van der Waals surface area contributed by atoms with Crippen molar-refractivity contribution in [3.63, 3.8) is 0 Å². The molecule has 160 valence electrons. The van der Waals surface area contributed by atoms with Gasteiger partial charge in [0.25, 0.3) is 0 Å². The number of rotatable bonds is 6. The van der Waals surface area contributed by atoms with Crippen LogP contribution in [0.5, 0.6) is 5.75 Å². The Balaban J connectivity index is 1.26. The van der Waals surface area contributed by atoms with Crippen molar-refractivity contribution in [1.29, 1.82) is 0 Å². The second-order valence-electron chi connectivity index (χ2n) is 8.11. The minimum absolute atomic E-state index is 0.0109. The van der Waals surface area contributed by atoms with E-state index < -0.39 is 11.6 Å². The Hall–Kier alpha value is -3.12. The summed E-state index contributed by atoms with van der Waals surface area (Å²) in [4.78, 5) is 24.5. The quantitative estimate of drug-likeness (QED) is 0.440. The molecule has 5 rings (SSSR count). The molecule has 0 amide bonds. The lowest BCUT2D eigenvalue weighted by Crippen LogP contribution is -2.16. The van der Waals surface area contributed by atoms with E-state index in [1.54, 1.807) is 24.3 Å². The molecule has 6 nitrogen and oxygen atoms in total. The topological polar surface area (TPSA) is 75.0 Å². The average molecular weight is 420 g/mol.